The van der Waals surface area contributed by atoms with Crippen molar-refractivity contribution >= 4 is 11.6 Å². The van der Waals surface area contributed by atoms with Crippen molar-refractivity contribution < 1.29 is 27.6 Å². The smallest absolute Gasteiger partial charge is 0.416 e. The summed E-state index contributed by atoms with van der Waals surface area (Å²) in [6, 6.07) is 8.63. The predicted molar refractivity (Wildman–Crippen MR) is 91.5 cm³/mol. The van der Waals surface area contributed by atoms with Gasteiger partial charge < -0.3 is 9.64 Å². The van der Waals surface area contributed by atoms with Crippen LogP contribution in [0.25, 0.3) is 0 Å². The highest BCUT2D eigenvalue weighted by molar-refractivity contribution is 5.95. The number of hydrogen-bond acceptors (Lipinski definition) is 4. The molecule has 144 valence electrons. The van der Waals surface area contributed by atoms with Crippen molar-refractivity contribution in [2.75, 3.05) is 13.7 Å². The van der Waals surface area contributed by atoms with Gasteiger partial charge in [-0.3, -0.25) is 14.9 Å². The summed E-state index contributed by atoms with van der Waals surface area (Å²) in [7, 11) is 1.33. The molecule has 0 fully saturated rings. The molecular weight excluding hydrogens is 365 g/mol. The summed E-state index contributed by atoms with van der Waals surface area (Å²) >= 11 is 0. The van der Waals surface area contributed by atoms with Gasteiger partial charge in [0.25, 0.3) is 5.91 Å². The first-order valence-electron chi connectivity index (χ1n) is 7.97. The van der Waals surface area contributed by atoms with E-state index in [1.54, 1.807) is 6.92 Å². The summed E-state index contributed by atoms with van der Waals surface area (Å²) in [4.78, 5) is 24.1. The minimum Gasteiger partial charge on any atom is -0.487 e. The van der Waals surface area contributed by atoms with Crippen LogP contribution in [-0.2, 0) is 12.7 Å². The van der Waals surface area contributed by atoms with Gasteiger partial charge in [0, 0.05) is 25.2 Å². The van der Waals surface area contributed by atoms with Gasteiger partial charge in [-0.05, 0) is 30.7 Å². The van der Waals surface area contributed by atoms with Crippen LogP contribution in [0.5, 0.6) is 5.75 Å². The second-order valence-electron chi connectivity index (χ2n) is 5.69. The first kappa shape index (κ1) is 20.2. The molecule has 0 aliphatic rings. The Morgan fingerprint density at radius 3 is 2.48 bits per heavy atom. The number of hydrogen-bond donors (Lipinski definition) is 0. The second kappa shape index (κ2) is 8.07. The second-order valence-corrected chi connectivity index (χ2v) is 5.69. The highest BCUT2D eigenvalue weighted by Crippen LogP contribution is 2.33. The van der Waals surface area contributed by atoms with Crippen LogP contribution in [0, 0.1) is 10.1 Å². The molecule has 2 aromatic rings. The van der Waals surface area contributed by atoms with Crippen LogP contribution in [0.4, 0.5) is 18.9 Å². The van der Waals surface area contributed by atoms with E-state index >= 15 is 0 Å². The van der Waals surface area contributed by atoms with Gasteiger partial charge in [0.05, 0.1) is 17.1 Å². The Bertz CT molecular complexity index is 853. The monoisotopic (exact) mass is 382 g/mol. The van der Waals surface area contributed by atoms with Crippen molar-refractivity contribution in [3.05, 3.63) is 69.3 Å². The number of ether oxygens (including phenoxy) is 1. The fraction of sp³-hybridized carbons (Fsp3) is 0.278. The number of alkyl halides is 3. The van der Waals surface area contributed by atoms with E-state index in [0.29, 0.717) is 0 Å². The summed E-state index contributed by atoms with van der Waals surface area (Å²) in [5.74, 6) is -0.623. The summed E-state index contributed by atoms with van der Waals surface area (Å²) < 4.78 is 44.4. The summed E-state index contributed by atoms with van der Waals surface area (Å²) in [6.45, 7) is 1.58. The molecule has 0 saturated heterocycles. The normalized spacial score (nSPS) is 11.1. The van der Waals surface area contributed by atoms with Crippen LogP contribution in [0.15, 0.2) is 42.5 Å². The highest BCUT2D eigenvalue weighted by Gasteiger charge is 2.33. The van der Waals surface area contributed by atoms with Gasteiger partial charge in [0.15, 0.2) is 5.75 Å². The minimum atomic E-state index is -4.54. The topological polar surface area (TPSA) is 72.7 Å². The number of nitrogens with zero attached hydrogens (tertiary/aromatic N) is 2. The number of carbonyl (C=O) groups excluding carboxylic acids is 1. The van der Waals surface area contributed by atoms with E-state index in [0.717, 1.165) is 17.0 Å². The molecule has 9 heteroatoms. The number of rotatable bonds is 6. The zero-order chi connectivity index (χ0) is 20.2. The molecule has 6 nitrogen and oxygen atoms in total. The maximum Gasteiger partial charge on any atom is 0.416 e. The third kappa shape index (κ3) is 4.75. The number of nitro benzene ring substituents is 1. The Morgan fingerprint density at radius 2 is 1.89 bits per heavy atom. The van der Waals surface area contributed by atoms with Crippen molar-refractivity contribution in [3.8, 4) is 5.75 Å². The van der Waals surface area contributed by atoms with E-state index in [2.05, 4.69) is 0 Å². The van der Waals surface area contributed by atoms with Crippen molar-refractivity contribution in [1.82, 2.24) is 4.90 Å². The molecule has 0 spiro atoms. The number of amides is 1. The first-order chi connectivity index (χ1) is 12.6. The number of benzene rings is 2. The highest BCUT2D eigenvalue weighted by atomic mass is 19.4. The molecule has 0 unspecified atom stereocenters. The number of carbonyl (C=O) groups is 1. The van der Waals surface area contributed by atoms with Crippen LogP contribution in [0.2, 0.25) is 0 Å². The zero-order valence-electron chi connectivity index (χ0n) is 14.6. The molecule has 0 aromatic heterocycles. The van der Waals surface area contributed by atoms with E-state index < -0.39 is 22.6 Å². The quantitative estimate of drug-likeness (QED) is 0.552. The van der Waals surface area contributed by atoms with Crippen molar-refractivity contribution in [3.63, 3.8) is 0 Å². The average molecular weight is 382 g/mol. The molecule has 0 aliphatic heterocycles. The Labute approximate surface area is 153 Å². The van der Waals surface area contributed by atoms with Gasteiger partial charge >= 0.3 is 11.9 Å². The van der Waals surface area contributed by atoms with Gasteiger partial charge in [-0.25, -0.2) is 0 Å². The van der Waals surface area contributed by atoms with E-state index in [1.807, 2.05) is 0 Å². The molecule has 2 rings (SSSR count). The lowest BCUT2D eigenvalue weighted by atomic mass is 10.1. The number of halogens is 3. The minimum absolute atomic E-state index is 0.0165. The Morgan fingerprint density at radius 1 is 1.22 bits per heavy atom. The lowest BCUT2D eigenvalue weighted by Gasteiger charge is -2.20. The Kier molecular flexibility index (Phi) is 6.04. The molecule has 0 heterocycles. The molecule has 0 atom stereocenters. The summed E-state index contributed by atoms with van der Waals surface area (Å²) in [6.07, 6.45) is -4.54. The van der Waals surface area contributed by atoms with Gasteiger partial charge in [0.1, 0.15) is 0 Å². The van der Waals surface area contributed by atoms with Crippen molar-refractivity contribution in [1.29, 1.82) is 0 Å². The maximum atomic E-state index is 13.1. The molecule has 0 aliphatic carbocycles. The van der Waals surface area contributed by atoms with Crippen LogP contribution in [-0.4, -0.2) is 29.4 Å². The fourth-order valence-corrected chi connectivity index (χ4v) is 2.55. The molecule has 1 amide bonds. The Hall–Kier alpha value is -3.10. The molecular formula is C18H17F3N2O4. The SMILES string of the molecule is CCOc1ccc(C(=O)N(C)Cc2ccccc2C(F)(F)F)cc1[N+](=O)[O-]. The standard InChI is InChI=1S/C18H17F3N2O4/c1-3-27-16-9-8-12(10-15(16)23(25)26)17(24)22(2)11-13-6-4-5-7-14(13)18(19,20)21/h4-10H,3,11H2,1-2H3. The number of nitro groups is 1. The van der Waals surface area contributed by atoms with Crippen molar-refractivity contribution in [2.24, 2.45) is 0 Å². The summed E-state index contributed by atoms with van der Waals surface area (Å²) in [5.41, 5.74) is -1.30. The van der Waals surface area contributed by atoms with Crippen molar-refractivity contribution in [2.45, 2.75) is 19.6 Å². The molecule has 27 heavy (non-hydrogen) atoms. The maximum absolute atomic E-state index is 13.1. The lowest BCUT2D eigenvalue weighted by Crippen LogP contribution is -2.27. The first-order valence-corrected chi connectivity index (χ1v) is 7.97. The van der Waals surface area contributed by atoms with E-state index in [4.69, 9.17) is 4.74 Å². The molecule has 0 bridgehead atoms. The Balaban J connectivity index is 2.29. The van der Waals surface area contributed by atoms with Crippen LogP contribution in [0.3, 0.4) is 0 Å². The van der Waals surface area contributed by atoms with Gasteiger partial charge in [-0.1, -0.05) is 18.2 Å². The van der Waals surface area contributed by atoms with Crippen LogP contribution < -0.4 is 4.74 Å². The predicted octanol–water partition coefficient (Wildman–Crippen LogP) is 4.28. The zero-order valence-corrected chi connectivity index (χ0v) is 14.6. The fourth-order valence-electron chi connectivity index (χ4n) is 2.55. The molecule has 0 saturated carbocycles. The molecule has 2 aromatic carbocycles. The third-order valence-electron chi connectivity index (χ3n) is 3.78. The van der Waals surface area contributed by atoms with Crippen LogP contribution >= 0.6 is 0 Å². The van der Waals surface area contributed by atoms with E-state index in [9.17, 15) is 28.1 Å². The molecule has 0 radical (unpaired) electrons. The third-order valence-corrected chi connectivity index (χ3v) is 3.78. The van der Waals surface area contributed by atoms with Gasteiger partial charge in [-0.2, -0.15) is 13.2 Å². The van der Waals surface area contributed by atoms with E-state index in [1.165, 1.54) is 37.4 Å². The van der Waals surface area contributed by atoms with Crippen LogP contribution in [0.1, 0.15) is 28.4 Å². The molecule has 0 N–H and O–H groups in total. The van der Waals surface area contributed by atoms with E-state index in [-0.39, 0.29) is 35.7 Å². The summed E-state index contributed by atoms with van der Waals surface area (Å²) in [5, 5.41) is 11.2. The van der Waals surface area contributed by atoms with Gasteiger partial charge in [-0.15, -0.1) is 0 Å². The largest absolute Gasteiger partial charge is 0.487 e. The lowest BCUT2D eigenvalue weighted by molar-refractivity contribution is -0.385. The van der Waals surface area contributed by atoms with Gasteiger partial charge in [0.2, 0.25) is 0 Å². The average Bonchev–Trinajstić information content (AvgIpc) is 2.61.